The van der Waals surface area contributed by atoms with Crippen LogP contribution in [0.2, 0.25) is 0 Å². The van der Waals surface area contributed by atoms with Crippen LogP contribution < -0.4 is 5.56 Å². The predicted molar refractivity (Wildman–Crippen MR) is 121 cm³/mol. The maximum atomic E-state index is 13.4. The number of nitrogens with zero attached hydrogens (tertiary/aromatic N) is 4. The minimum Gasteiger partial charge on any atom is -0.334 e. The van der Waals surface area contributed by atoms with Crippen molar-refractivity contribution in [2.45, 2.75) is 71.3 Å². The van der Waals surface area contributed by atoms with Crippen molar-refractivity contribution in [3.63, 3.8) is 0 Å². The number of H-pyrrole nitrogens is 1. The highest BCUT2D eigenvalue weighted by molar-refractivity contribution is 5.79. The van der Waals surface area contributed by atoms with E-state index in [0.717, 1.165) is 38.5 Å². The molecule has 1 fully saturated rings. The lowest BCUT2D eigenvalue weighted by molar-refractivity contribution is -0.384. The molecule has 0 spiro atoms. The fourth-order valence-corrected chi connectivity index (χ4v) is 4.35. The quantitative estimate of drug-likeness (QED) is 0.454. The largest absolute Gasteiger partial charge is 0.334 e. The molecule has 0 radical (unpaired) electrons. The van der Waals surface area contributed by atoms with Crippen LogP contribution in [-0.4, -0.2) is 37.5 Å². The van der Waals surface area contributed by atoms with E-state index in [9.17, 15) is 19.7 Å². The van der Waals surface area contributed by atoms with Gasteiger partial charge in [0.05, 0.1) is 11.0 Å². The molecule has 0 bridgehead atoms. The van der Waals surface area contributed by atoms with Crippen molar-refractivity contribution >= 4 is 11.6 Å². The number of nitro benzene ring substituents is 1. The van der Waals surface area contributed by atoms with Crippen LogP contribution >= 0.6 is 0 Å². The number of carbonyl (C=O) groups excluding carboxylic acids is 1. The molecule has 1 heterocycles. The number of benzene rings is 1. The van der Waals surface area contributed by atoms with Gasteiger partial charge in [-0.05, 0) is 25.7 Å². The van der Waals surface area contributed by atoms with Crippen molar-refractivity contribution in [1.82, 2.24) is 20.1 Å². The Morgan fingerprint density at radius 3 is 2.62 bits per heavy atom. The zero-order chi connectivity index (χ0) is 23.1. The van der Waals surface area contributed by atoms with Gasteiger partial charge in [-0.25, -0.2) is 0 Å². The van der Waals surface area contributed by atoms with Gasteiger partial charge in [0.2, 0.25) is 5.91 Å². The molecule has 172 valence electrons. The molecule has 9 heteroatoms. The Hall–Kier alpha value is -3.10. The number of hydrogen-bond acceptors (Lipinski definition) is 6. The first kappa shape index (κ1) is 23.6. The number of rotatable bonds is 9. The first-order valence-corrected chi connectivity index (χ1v) is 11.5. The van der Waals surface area contributed by atoms with Crippen molar-refractivity contribution < 1.29 is 9.72 Å². The maximum Gasteiger partial charge on any atom is 0.275 e. The third-order valence-corrected chi connectivity index (χ3v) is 6.12. The van der Waals surface area contributed by atoms with Crippen molar-refractivity contribution in [2.24, 2.45) is 5.92 Å². The number of unbranched alkanes of at least 4 members (excludes halogenated alkanes) is 1. The summed E-state index contributed by atoms with van der Waals surface area (Å²) in [5.74, 6) is 0.274. The topological polar surface area (TPSA) is 122 Å². The first-order valence-electron chi connectivity index (χ1n) is 11.5. The number of amides is 1. The molecule has 2 aromatic rings. The Balaban J connectivity index is 1.91. The van der Waals surface area contributed by atoms with E-state index in [2.05, 4.69) is 22.1 Å². The summed E-state index contributed by atoms with van der Waals surface area (Å²) >= 11 is 0. The summed E-state index contributed by atoms with van der Waals surface area (Å²) in [4.78, 5) is 41.4. The molecule has 1 aliphatic carbocycles. The van der Waals surface area contributed by atoms with Crippen LogP contribution in [0.5, 0.6) is 0 Å². The molecule has 3 rings (SSSR count). The van der Waals surface area contributed by atoms with Gasteiger partial charge >= 0.3 is 0 Å². The van der Waals surface area contributed by atoms with Gasteiger partial charge in [0.25, 0.3) is 11.2 Å². The van der Waals surface area contributed by atoms with Crippen molar-refractivity contribution in [3.05, 3.63) is 50.4 Å². The normalized spacial score (nSPS) is 15.3. The van der Waals surface area contributed by atoms with E-state index in [1.165, 1.54) is 24.6 Å². The van der Waals surface area contributed by atoms with Crippen molar-refractivity contribution in [1.29, 1.82) is 0 Å². The summed E-state index contributed by atoms with van der Waals surface area (Å²) in [5.41, 5.74) is 0.0993. The number of nitrogens with one attached hydrogen (secondary N) is 1. The summed E-state index contributed by atoms with van der Waals surface area (Å²) in [7, 11) is 0. The van der Waals surface area contributed by atoms with Crippen molar-refractivity contribution in [2.75, 3.05) is 6.54 Å². The van der Waals surface area contributed by atoms with Crippen LogP contribution in [0.15, 0.2) is 29.1 Å². The monoisotopic (exact) mass is 441 g/mol. The first-order chi connectivity index (χ1) is 15.5. The van der Waals surface area contributed by atoms with Crippen LogP contribution in [0.3, 0.4) is 0 Å². The van der Waals surface area contributed by atoms with Gasteiger partial charge in [0.15, 0.2) is 11.5 Å². The summed E-state index contributed by atoms with van der Waals surface area (Å²) in [6, 6.07) is 5.43. The number of aromatic amines is 1. The van der Waals surface area contributed by atoms with Gasteiger partial charge in [0.1, 0.15) is 0 Å². The minimum absolute atomic E-state index is 0.00541. The smallest absolute Gasteiger partial charge is 0.275 e. The molecule has 1 saturated carbocycles. The van der Waals surface area contributed by atoms with E-state index in [-0.39, 0.29) is 29.0 Å². The standard InChI is InChI=1S/C23H31N5O4/c1-3-5-14-27(23(30)16-10-7-6-8-11-16)19(4-2)20-22(29)24-21(26-25-20)17-12-9-13-18(15-17)28(31)32/h9,12-13,15-16,19H,3-8,10-11,14H2,1-2H3,(H,24,26,29). The molecule has 1 amide bonds. The van der Waals surface area contributed by atoms with Crippen LogP contribution in [0, 0.1) is 16.0 Å². The van der Waals surface area contributed by atoms with E-state index < -0.39 is 16.5 Å². The molecule has 1 aromatic heterocycles. The van der Waals surface area contributed by atoms with Crippen LogP contribution in [-0.2, 0) is 4.79 Å². The Morgan fingerprint density at radius 2 is 2.00 bits per heavy atom. The average Bonchev–Trinajstić information content (AvgIpc) is 2.82. The van der Waals surface area contributed by atoms with Crippen LogP contribution in [0.1, 0.15) is 76.9 Å². The lowest BCUT2D eigenvalue weighted by Crippen LogP contribution is -2.42. The minimum atomic E-state index is -0.501. The molecule has 1 atom stereocenters. The molecule has 1 unspecified atom stereocenters. The fraction of sp³-hybridized carbons (Fsp3) is 0.565. The molecule has 1 aliphatic rings. The number of aromatic nitrogens is 3. The van der Waals surface area contributed by atoms with E-state index in [0.29, 0.717) is 18.5 Å². The lowest BCUT2D eigenvalue weighted by Gasteiger charge is -2.34. The van der Waals surface area contributed by atoms with Gasteiger partial charge in [-0.2, -0.15) is 0 Å². The number of nitro groups is 1. The summed E-state index contributed by atoms with van der Waals surface area (Å²) in [6.07, 6.45) is 7.43. The van der Waals surface area contributed by atoms with Gasteiger partial charge in [-0.3, -0.25) is 19.7 Å². The molecule has 9 nitrogen and oxygen atoms in total. The SMILES string of the molecule is CCCCN(C(=O)C1CCCCC1)C(CC)c1nnc(-c2cccc([N+](=O)[O-])c2)[nH]c1=O. The van der Waals surface area contributed by atoms with E-state index in [1.54, 1.807) is 6.07 Å². The van der Waals surface area contributed by atoms with Gasteiger partial charge in [0, 0.05) is 30.2 Å². The highest BCUT2D eigenvalue weighted by atomic mass is 16.6. The van der Waals surface area contributed by atoms with E-state index in [4.69, 9.17) is 0 Å². The summed E-state index contributed by atoms with van der Waals surface area (Å²) in [5, 5.41) is 19.4. The third-order valence-electron chi connectivity index (χ3n) is 6.12. The van der Waals surface area contributed by atoms with Gasteiger partial charge in [-0.15, -0.1) is 10.2 Å². The Kier molecular flexibility index (Phi) is 8.08. The number of hydrogen-bond donors (Lipinski definition) is 1. The summed E-state index contributed by atoms with van der Waals surface area (Å²) in [6.45, 7) is 4.59. The third kappa shape index (κ3) is 5.38. The Labute approximate surface area is 187 Å². The van der Waals surface area contributed by atoms with Crippen LogP contribution in [0.25, 0.3) is 11.4 Å². The van der Waals surface area contributed by atoms with Gasteiger partial charge < -0.3 is 9.88 Å². The highest BCUT2D eigenvalue weighted by Crippen LogP contribution is 2.30. The lowest BCUT2D eigenvalue weighted by atomic mass is 9.87. The fourth-order valence-electron chi connectivity index (χ4n) is 4.35. The second-order valence-electron chi connectivity index (χ2n) is 8.34. The van der Waals surface area contributed by atoms with Gasteiger partial charge in [-0.1, -0.05) is 51.7 Å². The average molecular weight is 442 g/mol. The zero-order valence-electron chi connectivity index (χ0n) is 18.7. The molecular formula is C23H31N5O4. The maximum absolute atomic E-state index is 13.4. The van der Waals surface area contributed by atoms with Crippen molar-refractivity contribution in [3.8, 4) is 11.4 Å². The summed E-state index contributed by atoms with van der Waals surface area (Å²) < 4.78 is 0. The second kappa shape index (κ2) is 11.0. The molecular weight excluding hydrogens is 410 g/mol. The number of carbonyl (C=O) groups is 1. The van der Waals surface area contributed by atoms with E-state index in [1.807, 2.05) is 11.8 Å². The Morgan fingerprint density at radius 1 is 1.25 bits per heavy atom. The van der Waals surface area contributed by atoms with Crippen LogP contribution in [0.4, 0.5) is 5.69 Å². The molecule has 0 aliphatic heterocycles. The molecule has 0 saturated heterocycles. The zero-order valence-corrected chi connectivity index (χ0v) is 18.7. The molecule has 1 N–H and O–H groups in total. The number of non-ortho nitro benzene ring substituents is 1. The van der Waals surface area contributed by atoms with E-state index >= 15 is 0 Å². The highest BCUT2D eigenvalue weighted by Gasteiger charge is 2.32. The second-order valence-corrected chi connectivity index (χ2v) is 8.34. The molecule has 1 aromatic carbocycles. The Bertz CT molecular complexity index is 1000. The predicted octanol–water partition coefficient (Wildman–Crippen LogP) is 4.40. The molecule has 32 heavy (non-hydrogen) atoms.